The molecule has 2 aromatic rings. The molecule has 1 heterocycles. The number of nitrogens with zero attached hydrogens (tertiary/aromatic N) is 1. The molecule has 0 bridgehead atoms. The Bertz CT molecular complexity index is 601. The minimum Gasteiger partial charge on any atom is -0.380 e. The molecule has 0 saturated heterocycles. The van der Waals surface area contributed by atoms with Gasteiger partial charge in [-0.25, -0.2) is 9.37 Å². The molecule has 96 valence electrons. The summed E-state index contributed by atoms with van der Waals surface area (Å²) in [5.41, 5.74) is 4.26. The van der Waals surface area contributed by atoms with E-state index >= 15 is 0 Å². The molecule has 18 heavy (non-hydrogen) atoms. The molecule has 0 aliphatic rings. The van der Waals surface area contributed by atoms with Gasteiger partial charge in [0.15, 0.2) is 5.13 Å². The molecule has 0 spiro atoms. The Kier molecular flexibility index (Phi) is 3.51. The van der Waals surface area contributed by atoms with E-state index in [1.54, 1.807) is 0 Å². The topological polar surface area (TPSA) is 59.1 Å². The van der Waals surface area contributed by atoms with Crippen LogP contribution in [0.15, 0.2) is 18.3 Å². The van der Waals surface area contributed by atoms with Crippen LogP contribution in [0.25, 0.3) is 0 Å². The van der Waals surface area contributed by atoms with Crippen LogP contribution < -0.4 is 5.73 Å². The van der Waals surface area contributed by atoms with Crippen molar-refractivity contribution in [2.45, 2.75) is 12.5 Å². The van der Waals surface area contributed by atoms with Crippen molar-refractivity contribution >= 4 is 39.7 Å². The zero-order valence-electron chi connectivity index (χ0n) is 9.25. The van der Waals surface area contributed by atoms with Crippen LogP contribution >= 0.6 is 34.5 Å². The Morgan fingerprint density at radius 2 is 2.06 bits per heavy atom. The quantitative estimate of drug-likeness (QED) is 0.836. The predicted molar refractivity (Wildman–Crippen MR) is 71.6 cm³/mol. The molecule has 7 heteroatoms. The Labute approximate surface area is 117 Å². The summed E-state index contributed by atoms with van der Waals surface area (Å²) in [5.74, 6) is -0.645. The second-order valence-corrected chi connectivity index (χ2v) is 5.76. The number of anilines is 1. The van der Waals surface area contributed by atoms with E-state index in [-0.39, 0.29) is 15.6 Å². The summed E-state index contributed by atoms with van der Waals surface area (Å²) in [6.07, 6.45) is 1.43. The van der Waals surface area contributed by atoms with Gasteiger partial charge in [-0.1, -0.05) is 34.5 Å². The lowest BCUT2D eigenvalue weighted by Crippen LogP contribution is -2.22. The number of nitrogen functional groups attached to an aromatic ring is 1. The Morgan fingerprint density at radius 3 is 2.61 bits per heavy atom. The van der Waals surface area contributed by atoms with Crippen molar-refractivity contribution in [2.24, 2.45) is 0 Å². The molecule has 1 unspecified atom stereocenters. The highest BCUT2D eigenvalue weighted by molar-refractivity contribution is 7.15. The van der Waals surface area contributed by atoms with Gasteiger partial charge in [-0.05, 0) is 19.1 Å². The van der Waals surface area contributed by atoms with E-state index in [1.807, 2.05) is 0 Å². The highest BCUT2D eigenvalue weighted by atomic mass is 35.5. The number of halogens is 3. The number of aromatic nitrogens is 1. The number of nitrogens with two attached hydrogens (primary N) is 1. The molecule has 2 rings (SSSR count). The number of aliphatic hydroxyl groups is 1. The van der Waals surface area contributed by atoms with Crippen molar-refractivity contribution < 1.29 is 9.50 Å². The maximum atomic E-state index is 13.5. The minimum atomic E-state index is -1.47. The van der Waals surface area contributed by atoms with Crippen LogP contribution in [0.4, 0.5) is 9.52 Å². The van der Waals surface area contributed by atoms with E-state index in [9.17, 15) is 9.50 Å². The Balaban J connectivity index is 2.57. The lowest BCUT2D eigenvalue weighted by atomic mass is 9.94. The standard InChI is InChI=1S/C11H9Cl2FN2OS/c1-11(17,9-4-16-10(15)18-9)5-2-8(14)7(13)3-6(5)12/h2-4,17H,1H3,(H2,15,16). The van der Waals surface area contributed by atoms with Gasteiger partial charge < -0.3 is 10.8 Å². The van der Waals surface area contributed by atoms with E-state index in [4.69, 9.17) is 28.9 Å². The largest absolute Gasteiger partial charge is 0.380 e. The van der Waals surface area contributed by atoms with Crippen molar-refractivity contribution in [1.82, 2.24) is 4.98 Å². The Hall–Kier alpha value is -0.880. The van der Waals surface area contributed by atoms with E-state index in [0.29, 0.717) is 10.0 Å². The number of hydrogen-bond acceptors (Lipinski definition) is 4. The van der Waals surface area contributed by atoms with Gasteiger partial charge in [0.1, 0.15) is 11.4 Å². The molecule has 0 aliphatic heterocycles. The number of hydrogen-bond donors (Lipinski definition) is 2. The fourth-order valence-electron chi connectivity index (χ4n) is 1.54. The molecule has 1 aromatic heterocycles. The summed E-state index contributed by atoms with van der Waals surface area (Å²) in [5, 5.41) is 10.9. The lowest BCUT2D eigenvalue weighted by Gasteiger charge is -2.23. The van der Waals surface area contributed by atoms with Gasteiger partial charge in [0, 0.05) is 16.8 Å². The van der Waals surface area contributed by atoms with Gasteiger partial charge in [0.25, 0.3) is 0 Å². The Morgan fingerprint density at radius 1 is 1.39 bits per heavy atom. The van der Waals surface area contributed by atoms with Crippen LogP contribution in [0.3, 0.4) is 0 Å². The maximum absolute atomic E-state index is 13.5. The van der Waals surface area contributed by atoms with E-state index in [1.165, 1.54) is 19.2 Å². The molecular weight excluding hydrogens is 298 g/mol. The molecule has 0 amide bonds. The third-order valence-electron chi connectivity index (χ3n) is 2.54. The van der Waals surface area contributed by atoms with Crippen molar-refractivity contribution in [3.63, 3.8) is 0 Å². The molecule has 0 radical (unpaired) electrons. The summed E-state index contributed by atoms with van der Waals surface area (Å²) in [4.78, 5) is 4.33. The van der Waals surface area contributed by atoms with Gasteiger partial charge in [-0.15, -0.1) is 0 Å². The molecule has 0 saturated carbocycles. The summed E-state index contributed by atoms with van der Waals surface area (Å²) in [6.45, 7) is 1.49. The lowest BCUT2D eigenvalue weighted by molar-refractivity contribution is 0.106. The van der Waals surface area contributed by atoms with Gasteiger partial charge in [-0.3, -0.25) is 0 Å². The van der Waals surface area contributed by atoms with Gasteiger partial charge in [0.05, 0.1) is 9.90 Å². The normalized spacial score (nSPS) is 14.5. The highest BCUT2D eigenvalue weighted by Gasteiger charge is 2.31. The molecule has 1 aromatic carbocycles. The maximum Gasteiger partial charge on any atom is 0.180 e. The van der Waals surface area contributed by atoms with Crippen LogP contribution in [-0.2, 0) is 5.60 Å². The van der Waals surface area contributed by atoms with Crippen molar-refractivity contribution in [2.75, 3.05) is 5.73 Å². The first-order valence-corrected chi connectivity index (χ1v) is 6.49. The summed E-state index contributed by atoms with van der Waals surface area (Å²) in [6, 6.07) is 2.37. The first-order valence-electron chi connectivity index (χ1n) is 4.91. The molecule has 0 aliphatic carbocycles. The van der Waals surface area contributed by atoms with Crippen LogP contribution in [0.2, 0.25) is 10.0 Å². The highest BCUT2D eigenvalue weighted by Crippen LogP contribution is 2.38. The molecule has 3 N–H and O–H groups in total. The molecule has 3 nitrogen and oxygen atoms in total. The van der Waals surface area contributed by atoms with Crippen molar-refractivity contribution in [1.29, 1.82) is 0 Å². The first kappa shape index (κ1) is 13.5. The van der Waals surface area contributed by atoms with E-state index in [0.717, 1.165) is 17.4 Å². The third-order valence-corrected chi connectivity index (χ3v) is 4.18. The predicted octanol–water partition coefficient (Wildman–Crippen LogP) is 3.43. The minimum absolute atomic E-state index is 0.0941. The second kappa shape index (κ2) is 4.66. The first-order chi connectivity index (χ1) is 8.32. The summed E-state index contributed by atoms with van der Waals surface area (Å²) in [7, 11) is 0. The summed E-state index contributed by atoms with van der Waals surface area (Å²) >= 11 is 12.7. The van der Waals surface area contributed by atoms with Crippen LogP contribution in [0.5, 0.6) is 0 Å². The zero-order chi connectivity index (χ0) is 13.5. The number of rotatable bonds is 2. The smallest absolute Gasteiger partial charge is 0.180 e. The van der Waals surface area contributed by atoms with Crippen LogP contribution in [0.1, 0.15) is 17.4 Å². The van der Waals surface area contributed by atoms with Gasteiger partial charge in [-0.2, -0.15) is 0 Å². The van der Waals surface area contributed by atoms with Crippen molar-refractivity contribution in [3.8, 4) is 0 Å². The zero-order valence-corrected chi connectivity index (χ0v) is 11.6. The van der Waals surface area contributed by atoms with Gasteiger partial charge in [0.2, 0.25) is 0 Å². The second-order valence-electron chi connectivity index (χ2n) is 3.88. The number of thiazole rings is 1. The SMILES string of the molecule is CC(O)(c1cnc(N)s1)c1cc(F)c(Cl)cc1Cl. The molecule has 0 fully saturated rings. The average molecular weight is 307 g/mol. The molecule has 1 atom stereocenters. The fourth-order valence-corrected chi connectivity index (χ4v) is 2.85. The summed E-state index contributed by atoms with van der Waals surface area (Å²) < 4.78 is 13.5. The van der Waals surface area contributed by atoms with E-state index < -0.39 is 11.4 Å². The van der Waals surface area contributed by atoms with Crippen LogP contribution in [0, 0.1) is 5.82 Å². The van der Waals surface area contributed by atoms with E-state index in [2.05, 4.69) is 4.98 Å². The monoisotopic (exact) mass is 306 g/mol. The average Bonchev–Trinajstić information content (AvgIpc) is 2.70. The van der Waals surface area contributed by atoms with Crippen molar-refractivity contribution in [3.05, 3.63) is 44.6 Å². The van der Waals surface area contributed by atoms with Crippen LogP contribution in [-0.4, -0.2) is 10.1 Å². The molecular formula is C11H9Cl2FN2OS. The fraction of sp³-hybridized carbons (Fsp3) is 0.182. The third kappa shape index (κ3) is 2.31. The van der Waals surface area contributed by atoms with Gasteiger partial charge >= 0.3 is 0 Å². The number of benzene rings is 1.